The van der Waals surface area contributed by atoms with Crippen molar-refractivity contribution in [2.45, 2.75) is 38.0 Å². The van der Waals surface area contributed by atoms with Crippen LogP contribution in [0.15, 0.2) is 33.3 Å². The van der Waals surface area contributed by atoms with Crippen molar-refractivity contribution < 1.29 is 9.05 Å². The van der Waals surface area contributed by atoms with Crippen LogP contribution >= 0.6 is 0 Å². The molecule has 0 amide bonds. The van der Waals surface area contributed by atoms with Gasteiger partial charge in [-0.25, -0.2) is 0 Å². The maximum Gasteiger partial charge on any atom is 0.230 e. The van der Waals surface area contributed by atoms with Gasteiger partial charge in [-0.15, -0.1) is 0 Å². The number of para-hydroxylation sites is 1. The third kappa shape index (κ3) is 1.78. The fourth-order valence-corrected chi connectivity index (χ4v) is 5.51. The summed E-state index contributed by atoms with van der Waals surface area (Å²) in [5.74, 6) is 5.80. The molecule has 2 bridgehead atoms. The summed E-state index contributed by atoms with van der Waals surface area (Å²) in [6.45, 7) is 0. The highest BCUT2D eigenvalue weighted by Crippen LogP contribution is 2.72. The van der Waals surface area contributed by atoms with Gasteiger partial charge in [0.2, 0.25) is 5.89 Å². The molecule has 5 nitrogen and oxygen atoms in total. The zero-order valence-corrected chi connectivity index (χ0v) is 13.4. The lowest BCUT2D eigenvalue weighted by molar-refractivity contribution is 0.352. The number of hydrogen-bond acceptors (Lipinski definition) is 5. The van der Waals surface area contributed by atoms with Gasteiger partial charge in [-0.2, -0.15) is 4.98 Å². The average Bonchev–Trinajstić information content (AvgIpc) is 3.12. The minimum absolute atomic E-state index is 0.561. The first-order valence-corrected chi connectivity index (χ1v) is 9.04. The maximum atomic E-state index is 5.60. The topological polar surface area (TPSA) is 65.0 Å². The molecular weight excluding hydrogens is 302 g/mol. The van der Waals surface area contributed by atoms with E-state index in [-0.39, 0.29) is 0 Å². The van der Waals surface area contributed by atoms with Crippen LogP contribution in [0.3, 0.4) is 0 Å². The second-order valence-electron chi connectivity index (χ2n) is 7.69. The molecule has 2 aromatic heterocycles. The van der Waals surface area contributed by atoms with Gasteiger partial charge in [-0.3, -0.25) is 0 Å². The smallest absolute Gasteiger partial charge is 0.230 e. The molecule has 0 saturated heterocycles. The number of nitrogens with zero attached hydrogens (tertiary/aromatic N) is 3. The second-order valence-corrected chi connectivity index (χ2v) is 7.69. The van der Waals surface area contributed by atoms with Crippen molar-refractivity contribution in [3.8, 4) is 0 Å². The number of benzene rings is 1. The molecule has 6 rings (SSSR count). The molecule has 3 aliphatic carbocycles. The molecule has 3 aliphatic rings. The molecule has 0 spiro atoms. The predicted octanol–water partition coefficient (Wildman–Crippen LogP) is 3.76. The molecule has 0 N–H and O–H groups in total. The van der Waals surface area contributed by atoms with Crippen molar-refractivity contribution in [3.63, 3.8) is 0 Å². The first-order valence-electron chi connectivity index (χ1n) is 9.04. The van der Waals surface area contributed by atoms with Gasteiger partial charge in [0.05, 0.1) is 5.69 Å². The summed E-state index contributed by atoms with van der Waals surface area (Å²) in [4.78, 5) is 4.69. The molecule has 1 unspecified atom stereocenters. The minimum Gasteiger partial charge on any atom is -0.356 e. The normalized spacial score (nSPS) is 33.2. The summed E-state index contributed by atoms with van der Waals surface area (Å²) in [7, 11) is 0. The number of aryl methyl sites for hydroxylation is 2. The molecule has 2 heterocycles. The van der Waals surface area contributed by atoms with Crippen molar-refractivity contribution in [2.75, 3.05) is 0 Å². The van der Waals surface area contributed by atoms with Crippen LogP contribution in [0.4, 0.5) is 0 Å². The van der Waals surface area contributed by atoms with Gasteiger partial charge in [0, 0.05) is 24.1 Å². The number of aromatic nitrogens is 3. The Morgan fingerprint density at radius 1 is 0.958 bits per heavy atom. The minimum atomic E-state index is 0.561. The van der Waals surface area contributed by atoms with Gasteiger partial charge < -0.3 is 9.05 Å². The highest BCUT2D eigenvalue weighted by molar-refractivity contribution is 5.79. The molecule has 0 radical (unpaired) electrons. The third-order valence-corrected chi connectivity index (χ3v) is 6.54. The summed E-state index contributed by atoms with van der Waals surface area (Å²) in [5, 5.41) is 9.47. The van der Waals surface area contributed by atoms with Crippen LogP contribution in [-0.4, -0.2) is 15.3 Å². The fourth-order valence-electron chi connectivity index (χ4n) is 5.51. The van der Waals surface area contributed by atoms with E-state index in [0.717, 1.165) is 64.9 Å². The van der Waals surface area contributed by atoms with Crippen LogP contribution in [0.2, 0.25) is 0 Å². The molecule has 1 aromatic carbocycles. The first-order chi connectivity index (χ1) is 11.9. The Bertz CT molecular complexity index is 898. The Balaban J connectivity index is 1.18. The Morgan fingerprint density at radius 3 is 2.67 bits per heavy atom. The van der Waals surface area contributed by atoms with E-state index in [2.05, 4.69) is 10.3 Å². The van der Waals surface area contributed by atoms with Crippen molar-refractivity contribution >= 4 is 11.0 Å². The van der Waals surface area contributed by atoms with E-state index in [1.165, 1.54) is 19.3 Å². The van der Waals surface area contributed by atoms with Gasteiger partial charge in [0.25, 0.3) is 0 Å². The number of fused-ring (bicyclic) bond motifs is 6. The third-order valence-electron chi connectivity index (χ3n) is 6.54. The molecule has 5 heteroatoms. The van der Waals surface area contributed by atoms with Gasteiger partial charge in [-0.1, -0.05) is 22.4 Å². The summed E-state index contributed by atoms with van der Waals surface area (Å²) < 4.78 is 11.0. The summed E-state index contributed by atoms with van der Waals surface area (Å²) in [5.41, 5.74) is 1.81. The summed E-state index contributed by atoms with van der Waals surface area (Å²) in [6.07, 6.45) is 5.81. The SMILES string of the molecule is c1ccc2c(CCc3noc(C4[C@@H]5[C@H]6CC[C@H](C6)[C@H]45)n3)noc2c1. The van der Waals surface area contributed by atoms with E-state index in [9.17, 15) is 0 Å². The maximum absolute atomic E-state index is 5.60. The van der Waals surface area contributed by atoms with Gasteiger partial charge in [0.1, 0.15) is 0 Å². The predicted molar refractivity (Wildman–Crippen MR) is 86.3 cm³/mol. The molecule has 122 valence electrons. The van der Waals surface area contributed by atoms with Crippen LogP contribution in [0.5, 0.6) is 0 Å². The highest BCUT2D eigenvalue weighted by atomic mass is 16.5. The van der Waals surface area contributed by atoms with Gasteiger partial charge in [-0.05, 0) is 55.1 Å². The second kappa shape index (κ2) is 4.68. The summed E-state index contributed by atoms with van der Waals surface area (Å²) in [6, 6.07) is 7.96. The Hall–Kier alpha value is -2.17. The van der Waals surface area contributed by atoms with Crippen molar-refractivity contribution in [2.24, 2.45) is 23.7 Å². The van der Waals surface area contributed by atoms with Crippen molar-refractivity contribution in [3.05, 3.63) is 41.7 Å². The zero-order chi connectivity index (χ0) is 15.7. The summed E-state index contributed by atoms with van der Waals surface area (Å²) >= 11 is 0. The lowest BCUT2D eigenvalue weighted by Gasteiger charge is -2.04. The molecule has 24 heavy (non-hydrogen) atoms. The Morgan fingerprint density at radius 2 is 1.79 bits per heavy atom. The number of hydrogen-bond donors (Lipinski definition) is 0. The highest BCUT2D eigenvalue weighted by Gasteiger charge is 2.67. The molecule has 3 fully saturated rings. The quantitative estimate of drug-likeness (QED) is 0.732. The lowest BCUT2D eigenvalue weighted by Crippen LogP contribution is -1.98. The Kier molecular flexibility index (Phi) is 2.57. The fraction of sp³-hybridized carbons (Fsp3) is 0.526. The first kappa shape index (κ1) is 13.2. The van der Waals surface area contributed by atoms with Crippen LogP contribution in [0.1, 0.15) is 42.6 Å². The van der Waals surface area contributed by atoms with Crippen molar-refractivity contribution in [1.82, 2.24) is 15.3 Å². The molecule has 5 atom stereocenters. The van der Waals surface area contributed by atoms with E-state index in [1.807, 2.05) is 24.3 Å². The standard InChI is InChI=1S/C19H19N3O2/c1-2-4-14-12(3-1)13(21-23-14)7-8-15-20-19(24-22-15)18-16-10-5-6-11(9-10)17(16)18/h1-4,10-11,16-18H,5-9H2/t10-,11+,16+,17-,18?. The molecule has 3 aromatic rings. The lowest BCUT2D eigenvalue weighted by atomic mass is 10.0. The van der Waals surface area contributed by atoms with E-state index in [0.29, 0.717) is 5.92 Å². The van der Waals surface area contributed by atoms with Crippen LogP contribution in [-0.2, 0) is 12.8 Å². The van der Waals surface area contributed by atoms with Gasteiger partial charge >= 0.3 is 0 Å². The average molecular weight is 321 g/mol. The van der Waals surface area contributed by atoms with Gasteiger partial charge in [0.15, 0.2) is 11.4 Å². The van der Waals surface area contributed by atoms with E-state index in [4.69, 9.17) is 14.0 Å². The van der Waals surface area contributed by atoms with Crippen LogP contribution < -0.4 is 0 Å². The van der Waals surface area contributed by atoms with E-state index >= 15 is 0 Å². The number of rotatable bonds is 4. The van der Waals surface area contributed by atoms with E-state index in [1.54, 1.807) is 0 Å². The van der Waals surface area contributed by atoms with Crippen LogP contribution in [0.25, 0.3) is 11.0 Å². The van der Waals surface area contributed by atoms with E-state index < -0.39 is 0 Å². The molecule has 3 saturated carbocycles. The largest absolute Gasteiger partial charge is 0.356 e. The molecule has 0 aliphatic heterocycles. The van der Waals surface area contributed by atoms with Crippen LogP contribution in [0, 0.1) is 23.7 Å². The monoisotopic (exact) mass is 321 g/mol. The zero-order valence-electron chi connectivity index (χ0n) is 13.4. The Labute approximate surface area is 139 Å². The molecular formula is C19H19N3O2. The van der Waals surface area contributed by atoms with Crippen molar-refractivity contribution in [1.29, 1.82) is 0 Å².